The summed E-state index contributed by atoms with van der Waals surface area (Å²) in [5.41, 5.74) is 2.68. The van der Waals surface area contributed by atoms with Gasteiger partial charge in [0, 0.05) is 30.4 Å². The molecule has 2 aliphatic rings. The van der Waals surface area contributed by atoms with Crippen molar-refractivity contribution in [1.29, 1.82) is 5.26 Å². The van der Waals surface area contributed by atoms with Crippen LogP contribution in [0.5, 0.6) is 5.75 Å². The van der Waals surface area contributed by atoms with E-state index in [9.17, 15) is 14.3 Å². The van der Waals surface area contributed by atoms with Crippen LogP contribution in [0.3, 0.4) is 0 Å². The number of nitriles is 1. The monoisotopic (exact) mass is 440 g/mol. The van der Waals surface area contributed by atoms with Gasteiger partial charge < -0.3 is 14.8 Å². The van der Waals surface area contributed by atoms with Gasteiger partial charge in [-0.25, -0.2) is 0 Å². The second-order valence-electron chi connectivity index (χ2n) is 8.59. The number of amides is 1. The van der Waals surface area contributed by atoms with Gasteiger partial charge in [0.05, 0.1) is 17.0 Å². The van der Waals surface area contributed by atoms with Crippen LogP contribution in [0, 0.1) is 11.3 Å². The number of ether oxygens (including phenoxy) is 1. The van der Waals surface area contributed by atoms with E-state index in [1.807, 2.05) is 36.4 Å². The zero-order valence-corrected chi connectivity index (χ0v) is 18.7. The minimum absolute atomic E-state index is 0.0471. The summed E-state index contributed by atoms with van der Waals surface area (Å²) in [5, 5.41) is 12.2. The number of hydrogen-bond acceptors (Lipinski definition) is 5. The largest absolute Gasteiger partial charge is 0.492 e. The first-order valence-corrected chi connectivity index (χ1v) is 13.0. The number of thiol groups is 1. The number of carbonyl (C=O) groups excluding carboxylic acids is 1. The molecule has 2 N–H and O–H groups in total. The van der Waals surface area contributed by atoms with E-state index in [1.165, 1.54) is 0 Å². The lowest BCUT2D eigenvalue weighted by atomic mass is 9.73. The average Bonchev–Trinajstić information content (AvgIpc) is 3.00. The third kappa shape index (κ3) is 4.58. The zero-order valence-electron chi connectivity index (χ0n) is 17.9. The van der Waals surface area contributed by atoms with E-state index in [2.05, 4.69) is 21.0 Å². The Labute approximate surface area is 183 Å². The highest BCUT2D eigenvalue weighted by atomic mass is 32.3. The molecule has 4 rings (SSSR count). The van der Waals surface area contributed by atoms with E-state index in [-0.39, 0.29) is 5.91 Å². The maximum Gasteiger partial charge on any atom is 0.235 e. The molecule has 0 bridgehead atoms. The summed E-state index contributed by atoms with van der Waals surface area (Å²) in [7, 11) is -2.33. The van der Waals surface area contributed by atoms with Crippen LogP contribution in [0.25, 0.3) is 0 Å². The van der Waals surface area contributed by atoms with Crippen LogP contribution in [-0.4, -0.2) is 53.8 Å². The van der Waals surface area contributed by atoms with Crippen molar-refractivity contribution in [2.45, 2.75) is 18.3 Å². The highest BCUT2D eigenvalue weighted by molar-refractivity contribution is 8.02. The fraction of sp³-hybridized carbons (Fsp3) is 0.391. The van der Waals surface area contributed by atoms with Crippen molar-refractivity contribution >= 4 is 27.4 Å². The fourth-order valence-electron chi connectivity index (χ4n) is 4.37. The van der Waals surface area contributed by atoms with E-state index < -0.39 is 15.5 Å². The van der Waals surface area contributed by atoms with Crippen molar-refractivity contribution in [1.82, 2.24) is 4.90 Å². The van der Waals surface area contributed by atoms with Crippen LogP contribution in [0.1, 0.15) is 24.0 Å². The predicted octanol–water partition coefficient (Wildman–Crippen LogP) is 2.53. The molecule has 0 aromatic heterocycles. The number of benzene rings is 2. The number of hydrogen-bond donors (Lipinski definition) is 3. The first-order valence-electron chi connectivity index (χ1n) is 10.4. The number of fused-ring (bicyclic) bond motifs is 2. The van der Waals surface area contributed by atoms with Gasteiger partial charge in [0.25, 0.3) is 0 Å². The Kier molecular flexibility index (Phi) is 5.73. The number of anilines is 2. The molecule has 1 amide bonds. The van der Waals surface area contributed by atoms with Crippen LogP contribution in [-0.2, 0) is 20.3 Å². The van der Waals surface area contributed by atoms with Crippen LogP contribution >= 0.6 is 0 Å². The Balaban J connectivity index is 1.30. The Morgan fingerprint density at radius 1 is 1.19 bits per heavy atom. The lowest BCUT2D eigenvalue weighted by Gasteiger charge is -2.37. The van der Waals surface area contributed by atoms with Crippen LogP contribution in [0.15, 0.2) is 42.5 Å². The predicted molar refractivity (Wildman–Crippen MR) is 124 cm³/mol. The summed E-state index contributed by atoms with van der Waals surface area (Å²) in [6.07, 6.45) is 4.84. The molecule has 1 saturated heterocycles. The zero-order chi connectivity index (χ0) is 22.1. The first-order chi connectivity index (χ1) is 14.8. The number of likely N-dealkylation sites (tertiary alicyclic amines) is 1. The Bertz CT molecular complexity index is 1060. The second kappa shape index (κ2) is 8.33. The van der Waals surface area contributed by atoms with Gasteiger partial charge in [-0.3, -0.25) is 13.9 Å². The highest BCUT2D eigenvalue weighted by Crippen LogP contribution is 2.45. The molecule has 1 fully saturated rings. The topological polar surface area (TPSA) is 94.5 Å². The number of carbonyl (C=O) groups is 1. The van der Waals surface area contributed by atoms with Gasteiger partial charge in [0.1, 0.15) is 12.4 Å². The fourth-order valence-corrected chi connectivity index (χ4v) is 5.14. The van der Waals surface area contributed by atoms with Crippen molar-refractivity contribution in [3.05, 3.63) is 53.6 Å². The number of nitrogens with zero attached hydrogens (tertiary/aromatic N) is 2. The molecular formula is C23H28N4O3S. The number of nitrogens with one attached hydrogen (secondary N) is 2. The normalized spacial score (nSPS) is 18.2. The van der Waals surface area contributed by atoms with E-state index in [0.29, 0.717) is 12.2 Å². The van der Waals surface area contributed by atoms with Crippen molar-refractivity contribution < 1.29 is 13.7 Å². The van der Waals surface area contributed by atoms with Crippen molar-refractivity contribution in [2.75, 3.05) is 48.8 Å². The summed E-state index contributed by atoms with van der Waals surface area (Å²) < 4.78 is 20.7. The lowest BCUT2D eigenvalue weighted by molar-refractivity contribution is -0.122. The van der Waals surface area contributed by atoms with Crippen molar-refractivity contribution in [3.8, 4) is 11.8 Å². The molecule has 8 heteroatoms. The summed E-state index contributed by atoms with van der Waals surface area (Å²) in [4.78, 5) is 15.1. The second-order valence-corrected chi connectivity index (χ2v) is 11.5. The summed E-state index contributed by atoms with van der Waals surface area (Å²) in [5.74, 6) is 0.820. The third-order valence-corrected chi connectivity index (χ3v) is 6.78. The molecule has 0 unspecified atom stereocenters. The molecule has 2 aromatic carbocycles. The van der Waals surface area contributed by atoms with E-state index in [4.69, 9.17) is 4.74 Å². The van der Waals surface area contributed by atoms with Gasteiger partial charge in [-0.15, -0.1) is 0 Å². The van der Waals surface area contributed by atoms with Gasteiger partial charge in [0.15, 0.2) is 0 Å². The smallest absolute Gasteiger partial charge is 0.235 e. The number of rotatable bonds is 6. The SMILES string of the molecule is C[SH](C)(=O)Nc1ccc(OCCN2CCC3(CC2)C(=O)Nc2ccc(C#N)cc23)cc1. The van der Waals surface area contributed by atoms with Gasteiger partial charge in [-0.2, -0.15) is 5.26 Å². The maximum atomic E-state index is 12.8. The third-order valence-electron chi connectivity index (χ3n) is 5.99. The van der Waals surface area contributed by atoms with Crippen molar-refractivity contribution in [2.24, 2.45) is 0 Å². The summed E-state index contributed by atoms with van der Waals surface area (Å²) in [6.45, 7) is 2.94. The first kappa shape index (κ1) is 21.3. The quantitative estimate of drug-likeness (QED) is 0.600. The standard InChI is InChI=1S/C23H28N4O3S/c1-31(2,29)26-18-4-6-19(7-5-18)30-14-13-27-11-9-23(10-12-27)20-15-17(16-24)3-8-21(20)25-22(23)28/h3-8,15,31H,9-14H2,1-2H3,(H,25,28)(H,26,29). The van der Waals surface area contributed by atoms with Crippen LogP contribution in [0.2, 0.25) is 0 Å². The van der Waals surface area contributed by atoms with Crippen LogP contribution < -0.4 is 14.8 Å². The molecule has 0 atom stereocenters. The van der Waals surface area contributed by atoms with Gasteiger partial charge in [-0.1, -0.05) is 0 Å². The Hall–Kier alpha value is -2.89. The lowest BCUT2D eigenvalue weighted by Crippen LogP contribution is -2.47. The minimum Gasteiger partial charge on any atom is -0.492 e. The summed E-state index contributed by atoms with van der Waals surface area (Å²) >= 11 is 0. The molecule has 1 spiro atoms. The van der Waals surface area contributed by atoms with Crippen molar-refractivity contribution in [3.63, 3.8) is 0 Å². The Morgan fingerprint density at radius 3 is 2.55 bits per heavy atom. The van der Waals surface area contributed by atoms with E-state index in [0.717, 1.165) is 55.2 Å². The molecule has 164 valence electrons. The molecule has 0 radical (unpaired) electrons. The van der Waals surface area contributed by atoms with Gasteiger partial charge in [0.2, 0.25) is 5.91 Å². The summed E-state index contributed by atoms with van der Waals surface area (Å²) in [6, 6.07) is 15.1. The van der Waals surface area contributed by atoms with Gasteiger partial charge in [-0.05, 0) is 84.1 Å². The molecular weight excluding hydrogens is 412 g/mol. The molecule has 2 aromatic rings. The van der Waals surface area contributed by atoms with Gasteiger partial charge >= 0.3 is 0 Å². The number of piperidine rings is 1. The molecule has 2 aliphatic heterocycles. The average molecular weight is 441 g/mol. The molecule has 0 saturated carbocycles. The minimum atomic E-state index is -2.33. The van der Waals surface area contributed by atoms with E-state index in [1.54, 1.807) is 18.6 Å². The molecule has 31 heavy (non-hydrogen) atoms. The van der Waals surface area contributed by atoms with E-state index >= 15 is 0 Å². The molecule has 2 heterocycles. The molecule has 7 nitrogen and oxygen atoms in total. The molecule has 0 aliphatic carbocycles. The Morgan fingerprint density at radius 2 is 1.90 bits per heavy atom. The maximum absolute atomic E-state index is 12.8. The highest BCUT2D eigenvalue weighted by Gasteiger charge is 2.48. The van der Waals surface area contributed by atoms with Crippen LogP contribution in [0.4, 0.5) is 11.4 Å².